The van der Waals surface area contributed by atoms with Crippen molar-refractivity contribution >= 4 is 5.97 Å². The summed E-state index contributed by atoms with van der Waals surface area (Å²) >= 11 is 0. The predicted molar refractivity (Wildman–Crippen MR) is 113 cm³/mol. The summed E-state index contributed by atoms with van der Waals surface area (Å²) in [6.45, 7) is 7.99. The monoisotopic (exact) mass is 384 g/mol. The quantitative estimate of drug-likeness (QED) is 0.338. The number of carbonyl (C=O) groups excluding carboxylic acids is 1. The largest absolute Gasteiger partial charge is 0.494 e. The molecule has 28 heavy (non-hydrogen) atoms. The van der Waals surface area contributed by atoms with Crippen LogP contribution in [0.1, 0.15) is 56.8 Å². The van der Waals surface area contributed by atoms with Crippen molar-refractivity contribution in [2.45, 2.75) is 52.6 Å². The Balaban J connectivity index is 1.87. The molecule has 0 amide bonds. The van der Waals surface area contributed by atoms with Crippen LogP contribution in [0.4, 0.5) is 0 Å². The highest BCUT2D eigenvalue weighted by Gasteiger charge is 2.12. The maximum atomic E-state index is 12.3. The fraction of sp³-hybridized carbons (Fsp3) is 0.458. The van der Waals surface area contributed by atoms with E-state index in [1.54, 1.807) is 12.1 Å². The van der Waals surface area contributed by atoms with Gasteiger partial charge >= 0.3 is 5.97 Å². The number of hydrogen-bond acceptors (Lipinski definition) is 4. The van der Waals surface area contributed by atoms with Gasteiger partial charge in [-0.05, 0) is 55.2 Å². The number of unbranched alkanes of at least 4 members (excludes halogenated alkanes) is 2. The Labute approximate surface area is 168 Å². The van der Waals surface area contributed by atoms with E-state index in [-0.39, 0.29) is 12.1 Å². The van der Waals surface area contributed by atoms with Gasteiger partial charge in [-0.1, -0.05) is 51.0 Å². The highest BCUT2D eigenvalue weighted by atomic mass is 16.6. The summed E-state index contributed by atoms with van der Waals surface area (Å²) in [4.78, 5) is 12.3. The van der Waals surface area contributed by atoms with Gasteiger partial charge in [0, 0.05) is 6.61 Å². The minimum atomic E-state index is -0.321. The molecule has 0 N–H and O–H groups in total. The van der Waals surface area contributed by atoms with Crippen molar-refractivity contribution in [1.29, 1.82) is 0 Å². The lowest BCUT2D eigenvalue weighted by Crippen LogP contribution is -2.20. The molecule has 0 spiro atoms. The summed E-state index contributed by atoms with van der Waals surface area (Å²) in [5.74, 6) is 0.561. The van der Waals surface area contributed by atoms with Crippen LogP contribution in [0.15, 0.2) is 48.5 Å². The Morgan fingerprint density at radius 2 is 1.43 bits per heavy atom. The van der Waals surface area contributed by atoms with E-state index in [0.717, 1.165) is 49.2 Å². The first-order valence-electron chi connectivity index (χ1n) is 10.3. The maximum Gasteiger partial charge on any atom is 0.338 e. The second-order valence-corrected chi connectivity index (χ2v) is 6.95. The van der Waals surface area contributed by atoms with Gasteiger partial charge in [-0.2, -0.15) is 0 Å². The number of carbonyl (C=O) groups is 1. The predicted octanol–water partition coefficient (Wildman–Crippen LogP) is 5.89. The first-order chi connectivity index (χ1) is 13.6. The van der Waals surface area contributed by atoms with Gasteiger partial charge < -0.3 is 14.2 Å². The van der Waals surface area contributed by atoms with Crippen molar-refractivity contribution < 1.29 is 19.0 Å². The van der Waals surface area contributed by atoms with Gasteiger partial charge in [-0.3, -0.25) is 0 Å². The number of esters is 1. The fourth-order valence-corrected chi connectivity index (χ4v) is 2.66. The summed E-state index contributed by atoms with van der Waals surface area (Å²) in [5, 5.41) is 0. The number of hydrogen-bond donors (Lipinski definition) is 0. The molecule has 2 rings (SSSR count). The molecule has 1 unspecified atom stereocenters. The van der Waals surface area contributed by atoms with E-state index < -0.39 is 0 Å². The molecular formula is C24H32O4. The molecule has 0 radical (unpaired) electrons. The fourth-order valence-electron chi connectivity index (χ4n) is 2.66. The minimum Gasteiger partial charge on any atom is -0.494 e. The van der Waals surface area contributed by atoms with Gasteiger partial charge in [0.2, 0.25) is 0 Å². The van der Waals surface area contributed by atoms with Crippen molar-refractivity contribution in [1.82, 2.24) is 0 Å². The number of benzene rings is 2. The Kier molecular flexibility index (Phi) is 9.56. The average Bonchev–Trinajstić information content (AvgIpc) is 2.72. The molecule has 2 aromatic carbocycles. The molecule has 0 aliphatic carbocycles. The highest BCUT2D eigenvalue weighted by molar-refractivity contribution is 5.90. The van der Waals surface area contributed by atoms with Crippen LogP contribution in [0.3, 0.4) is 0 Å². The van der Waals surface area contributed by atoms with E-state index in [4.69, 9.17) is 14.2 Å². The summed E-state index contributed by atoms with van der Waals surface area (Å²) in [6.07, 6.45) is 4.04. The molecular weight excluding hydrogens is 352 g/mol. The molecule has 0 saturated carbocycles. The third-order valence-electron chi connectivity index (χ3n) is 4.38. The van der Waals surface area contributed by atoms with Crippen LogP contribution in [0, 0.1) is 0 Å². The maximum absolute atomic E-state index is 12.3. The smallest absolute Gasteiger partial charge is 0.338 e. The van der Waals surface area contributed by atoms with E-state index in [1.165, 1.54) is 0 Å². The van der Waals surface area contributed by atoms with Crippen LogP contribution in [-0.2, 0) is 9.47 Å². The van der Waals surface area contributed by atoms with Crippen LogP contribution >= 0.6 is 0 Å². The van der Waals surface area contributed by atoms with Crippen molar-refractivity contribution in [3.05, 3.63) is 54.1 Å². The second-order valence-electron chi connectivity index (χ2n) is 6.95. The van der Waals surface area contributed by atoms with E-state index in [9.17, 15) is 4.79 Å². The Morgan fingerprint density at radius 1 is 0.857 bits per heavy atom. The first-order valence-corrected chi connectivity index (χ1v) is 10.3. The molecule has 0 heterocycles. The van der Waals surface area contributed by atoms with Gasteiger partial charge in [0.25, 0.3) is 0 Å². The van der Waals surface area contributed by atoms with Gasteiger partial charge in [0.15, 0.2) is 0 Å². The molecule has 152 valence electrons. The Morgan fingerprint density at radius 3 is 2.04 bits per heavy atom. The standard InChI is InChI=1S/C24H32O4/c1-4-6-16-26-18-19(3)28-24(25)22-10-8-20(9-11-22)21-12-14-23(15-13-21)27-17-7-5-2/h8-15,19H,4-7,16-18H2,1-3H3. The summed E-state index contributed by atoms with van der Waals surface area (Å²) in [6, 6.07) is 15.5. The number of rotatable bonds is 12. The van der Waals surface area contributed by atoms with E-state index in [2.05, 4.69) is 13.8 Å². The Hall–Kier alpha value is -2.33. The highest BCUT2D eigenvalue weighted by Crippen LogP contribution is 2.23. The summed E-state index contributed by atoms with van der Waals surface area (Å²) < 4.78 is 16.6. The topological polar surface area (TPSA) is 44.8 Å². The number of ether oxygens (including phenoxy) is 3. The third kappa shape index (κ3) is 7.35. The van der Waals surface area contributed by atoms with Gasteiger partial charge in [-0.25, -0.2) is 4.79 Å². The van der Waals surface area contributed by atoms with Crippen LogP contribution in [0.2, 0.25) is 0 Å². The normalized spacial score (nSPS) is 11.8. The van der Waals surface area contributed by atoms with Crippen molar-refractivity contribution in [3.8, 4) is 16.9 Å². The SMILES string of the molecule is CCCCOCC(C)OC(=O)c1ccc(-c2ccc(OCCCC)cc2)cc1. The molecule has 0 bridgehead atoms. The lowest BCUT2D eigenvalue weighted by atomic mass is 10.0. The zero-order valence-corrected chi connectivity index (χ0v) is 17.3. The van der Waals surface area contributed by atoms with Crippen molar-refractivity contribution in [2.75, 3.05) is 19.8 Å². The van der Waals surface area contributed by atoms with Gasteiger partial charge in [0.05, 0.1) is 18.8 Å². The third-order valence-corrected chi connectivity index (χ3v) is 4.38. The lowest BCUT2D eigenvalue weighted by molar-refractivity contribution is 0.00169. The zero-order valence-electron chi connectivity index (χ0n) is 17.3. The second kappa shape index (κ2) is 12.2. The summed E-state index contributed by atoms with van der Waals surface area (Å²) in [7, 11) is 0. The van der Waals surface area contributed by atoms with E-state index in [0.29, 0.717) is 18.8 Å². The average molecular weight is 385 g/mol. The molecule has 0 fully saturated rings. The van der Waals surface area contributed by atoms with Crippen LogP contribution in [-0.4, -0.2) is 31.9 Å². The molecule has 4 heteroatoms. The molecule has 0 aliphatic heterocycles. The molecule has 0 saturated heterocycles. The van der Waals surface area contributed by atoms with E-state index >= 15 is 0 Å². The van der Waals surface area contributed by atoms with Crippen LogP contribution in [0.5, 0.6) is 5.75 Å². The van der Waals surface area contributed by atoms with Gasteiger partial charge in [-0.15, -0.1) is 0 Å². The Bertz CT molecular complexity index is 692. The van der Waals surface area contributed by atoms with Crippen LogP contribution in [0.25, 0.3) is 11.1 Å². The molecule has 0 aliphatic rings. The molecule has 0 aromatic heterocycles. The van der Waals surface area contributed by atoms with Crippen molar-refractivity contribution in [3.63, 3.8) is 0 Å². The van der Waals surface area contributed by atoms with Crippen molar-refractivity contribution in [2.24, 2.45) is 0 Å². The first kappa shape index (κ1) is 22.0. The lowest BCUT2D eigenvalue weighted by Gasteiger charge is -2.14. The summed E-state index contributed by atoms with van der Waals surface area (Å²) in [5.41, 5.74) is 2.68. The molecule has 2 aromatic rings. The zero-order chi connectivity index (χ0) is 20.2. The minimum absolute atomic E-state index is 0.260. The van der Waals surface area contributed by atoms with E-state index in [1.807, 2.05) is 43.3 Å². The molecule has 1 atom stereocenters. The van der Waals surface area contributed by atoms with Gasteiger partial charge in [0.1, 0.15) is 11.9 Å². The van der Waals surface area contributed by atoms with Crippen LogP contribution < -0.4 is 4.74 Å². The molecule has 4 nitrogen and oxygen atoms in total.